The minimum atomic E-state index is -0.193. The molecule has 0 bridgehead atoms. The molecule has 0 amide bonds. The van der Waals surface area contributed by atoms with Crippen LogP contribution in [-0.4, -0.2) is 32.9 Å². The Labute approximate surface area is 101 Å². The van der Waals surface area contributed by atoms with Crippen LogP contribution in [-0.2, 0) is 11.2 Å². The first-order valence-electron chi connectivity index (χ1n) is 5.94. The molecule has 0 spiro atoms. The number of ether oxygens (including phenoxy) is 2. The molecule has 4 heteroatoms. The number of rotatable bonds is 4. The molecule has 1 unspecified atom stereocenters. The number of morpholine rings is 1. The third-order valence-corrected chi connectivity index (χ3v) is 3.04. The van der Waals surface area contributed by atoms with E-state index in [0.29, 0.717) is 30.4 Å². The Morgan fingerprint density at radius 1 is 1.53 bits per heavy atom. The van der Waals surface area contributed by atoms with Gasteiger partial charge in [0.05, 0.1) is 20.3 Å². The lowest BCUT2D eigenvalue weighted by atomic mass is 10.0. The van der Waals surface area contributed by atoms with E-state index >= 15 is 0 Å². The summed E-state index contributed by atoms with van der Waals surface area (Å²) < 4.78 is 24.2. The van der Waals surface area contributed by atoms with Gasteiger partial charge in [-0.2, -0.15) is 0 Å². The van der Waals surface area contributed by atoms with E-state index < -0.39 is 0 Å². The lowest BCUT2D eigenvalue weighted by molar-refractivity contribution is 0.0742. The molecule has 3 nitrogen and oxygen atoms in total. The Kier molecular flexibility index (Phi) is 4.34. The second kappa shape index (κ2) is 5.98. The van der Waals surface area contributed by atoms with E-state index in [2.05, 4.69) is 5.32 Å². The first-order valence-corrected chi connectivity index (χ1v) is 5.94. The maximum Gasteiger partial charge on any atom is 0.130 e. The van der Waals surface area contributed by atoms with Crippen molar-refractivity contribution in [2.45, 2.75) is 18.9 Å². The van der Waals surface area contributed by atoms with Gasteiger partial charge >= 0.3 is 0 Å². The van der Waals surface area contributed by atoms with Crippen LogP contribution in [0.3, 0.4) is 0 Å². The summed E-state index contributed by atoms with van der Waals surface area (Å²) in [5, 5.41) is 3.36. The van der Waals surface area contributed by atoms with Gasteiger partial charge in [-0.3, -0.25) is 0 Å². The van der Waals surface area contributed by atoms with Gasteiger partial charge in [0.2, 0.25) is 0 Å². The largest absolute Gasteiger partial charge is 0.496 e. The van der Waals surface area contributed by atoms with E-state index in [9.17, 15) is 4.39 Å². The van der Waals surface area contributed by atoms with E-state index in [4.69, 9.17) is 9.47 Å². The van der Waals surface area contributed by atoms with Crippen molar-refractivity contribution in [3.05, 3.63) is 29.6 Å². The maximum absolute atomic E-state index is 13.7. The average molecular weight is 239 g/mol. The van der Waals surface area contributed by atoms with Crippen molar-refractivity contribution in [3.8, 4) is 5.75 Å². The van der Waals surface area contributed by atoms with E-state index in [0.717, 1.165) is 19.6 Å². The second-order valence-electron chi connectivity index (χ2n) is 4.19. The first kappa shape index (κ1) is 12.3. The van der Waals surface area contributed by atoms with Gasteiger partial charge in [0.1, 0.15) is 11.6 Å². The maximum atomic E-state index is 13.7. The fourth-order valence-electron chi connectivity index (χ4n) is 2.10. The standard InChI is InChI=1S/C13H18FNO2/c1-16-13-4-2-3-12(14)11(13)6-5-10-9-17-8-7-15-10/h2-4,10,15H,5-9H2,1H3. The van der Waals surface area contributed by atoms with Crippen molar-refractivity contribution >= 4 is 0 Å². The summed E-state index contributed by atoms with van der Waals surface area (Å²) >= 11 is 0. The molecule has 1 aliphatic heterocycles. The van der Waals surface area contributed by atoms with Crippen molar-refractivity contribution < 1.29 is 13.9 Å². The third-order valence-electron chi connectivity index (χ3n) is 3.04. The highest BCUT2D eigenvalue weighted by molar-refractivity contribution is 5.34. The van der Waals surface area contributed by atoms with Crippen molar-refractivity contribution in [2.24, 2.45) is 0 Å². The topological polar surface area (TPSA) is 30.5 Å². The number of halogens is 1. The fraction of sp³-hybridized carbons (Fsp3) is 0.538. The Morgan fingerprint density at radius 2 is 2.41 bits per heavy atom. The Balaban J connectivity index is 1.97. The Bertz CT molecular complexity index is 364. The Morgan fingerprint density at radius 3 is 3.12 bits per heavy atom. The van der Waals surface area contributed by atoms with Crippen LogP contribution in [0, 0.1) is 5.82 Å². The van der Waals surface area contributed by atoms with Crippen LogP contribution in [0.5, 0.6) is 5.75 Å². The van der Waals surface area contributed by atoms with E-state index in [-0.39, 0.29) is 5.82 Å². The van der Waals surface area contributed by atoms with Crippen LogP contribution in [0.1, 0.15) is 12.0 Å². The van der Waals surface area contributed by atoms with Crippen LogP contribution in [0.4, 0.5) is 4.39 Å². The van der Waals surface area contributed by atoms with Crippen LogP contribution in [0.15, 0.2) is 18.2 Å². The molecule has 0 saturated carbocycles. The Hall–Kier alpha value is -1.13. The molecule has 0 aliphatic carbocycles. The molecule has 0 aromatic heterocycles. The third kappa shape index (κ3) is 3.17. The van der Waals surface area contributed by atoms with Crippen molar-refractivity contribution in [1.82, 2.24) is 5.32 Å². The normalized spacial score (nSPS) is 20.2. The molecule has 1 atom stereocenters. The van der Waals surface area contributed by atoms with Crippen LogP contribution in [0.2, 0.25) is 0 Å². The summed E-state index contributed by atoms with van der Waals surface area (Å²) in [5.74, 6) is 0.433. The highest BCUT2D eigenvalue weighted by Gasteiger charge is 2.15. The SMILES string of the molecule is COc1cccc(F)c1CCC1COCCN1. The van der Waals surface area contributed by atoms with Crippen molar-refractivity contribution in [1.29, 1.82) is 0 Å². The summed E-state index contributed by atoms with van der Waals surface area (Å²) in [6, 6.07) is 5.25. The van der Waals surface area contributed by atoms with Gasteiger partial charge < -0.3 is 14.8 Å². The number of hydrogen-bond acceptors (Lipinski definition) is 3. The first-order chi connectivity index (χ1) is 8.31. The fourth-order valence-corrected chi connectivity index (χ4v) is 2.10. The monoisotopic (exact) mass is 239 g/mol. The number of hydrogen-bond donors (Lipinski definition) is 1. The quantitative estimate of drug-likeness (QED) is 0.868. The van der Waals surface area contributed by atoms with Gasteiger partial charge in [0.15, 0.2) is 0 Å². The molecule has 17 heavy (non-hydrogen) atoms. The van der Waals surface area contributed by atoms with Gasteiger partial charge in [-0.25, -0.2) is 4.39 Å². The molecule has 2 rings (SSSR count). The highest BCUT2D eigenvalue weighted by atomic mass is 19.1. The van der Waals surface area contributed by atoms with Crippen LogP contribution >= 0.6 is 0 Å². The second-order valence-corrected chi connectivity index (χ2v) is 4.19. The van der Waals surface area contributed by atoms with Crippen LogP contribution < -0.4 is 10.1 Å². The molecular formula is C13H18FNO2. The summed E-state index contributed by atoms with van der Waals surface area (Å²) in [4.78, 5) is 0. The minimum absolute atomic E-state index is 0.193. The van der Waals surface area contributed by atoms with E-state index in [1.165, 1.54) is 6.07 Å². The van der Waals surface area contributed by atoms with Gasteiger partial charge in [0.25, 0.3) is 0 Å². The molecule has 1 N–H and O–H groups in total. The molecule has 1 heterocycles. The lowest BCUT2D eigenvalue weighted by Crippen LogP contribution is -2.41. The molecular weight excluding hydrogens is 221 g/mol. The number of benzene rings is 1. The van der Waals surface area contributed by atoms with Crippen molar-refractivity contribution in [3.63, 3.8) is 0 Å². The molecule has 94 valence electrons. The smallest absolute Gasteiger partial charge is 0.130 e. The molecule has 1 fully saturated rings. The molecule has 1 aromatic carbocycles. The van der Waals surface area contributed by atoms with E-state index in [1.807, 2.05) is 0 Å². The predicted octanol–water partition coefficient (Wildman–Crippen LogP) is 1.76. The zero-order valence-electron chi connectivity index (χ0n) is 10.0. The summed E-state index contributed by atoms with van der Waals surface area (Å²) in [6.07, 6.45) is 1.52. The zero-order chi connectivity index (χ0) is 12.1. The van der Waals surface area contributed by atoms with Gasteiger partial charge in [0, 0.05) is 18.2 Å². The van der Waals surface area contributed by atoms with E-state index in [1.54, 1.807) is 19.2 Å². The molecule has 1 saturated heterocycles. The number of nitrogens with one attached hydrogen (secondary N) is 1. The van der Waals surface area contributed by atoms with Crippen LogP contribution in [0.25, 0.3) is 0 Å². The highest BCUT2D eigenvalue weighted by Crippen LogP contribution is 2.23. The lowest BCUT2D eigenvalue weighted by Gasteiger charge is -2.24. The van der Waals surface area contributed by atoms with Gasteiger partial charge in [-0.15, -0.1) is 0 Å². The minimum Gasteiger partial charge on any atom is -0.496 e. The summed E-state index contributed by atoms with van der Waals surface area (Å²) in [7, 11) is 1.57. The van der Waals surface area contributed by atoms with Gasteiger partial charge in [-0.1, -0.05) is 6.07 Å². The summed E-state index contributed by atoms with van der Waals surface area (Å²) in [6.45, 7) is 2.34. The zero-order valence-corrected chi connectivity index (χ0v) is 10.0. The molecule has 1 aromatic rings. The van der Waals surface area contributed by atoms with Crippen molar-refractivity contribution in [2.75, 3.05) is 26.9 Å². The number of methoxy groups -OCH3 is 1. The average Bonchev–Trinajstić information content (AvgIpc) is 2.38. The molecule has 1 aliphatic rings. The summed E-state index contributed by atoms with van der Waals surface area (Å²) in [5.41, 5.74) is 0.655. The molecule has 0 radical (unpaired) electrons. The predicted molar refractivity (Wildman–Crippen MR) is 63.9 cm³/mol. The van der Waals surface area contributed by atoms with Gasteiger partial charge in [-0.05, 0) is 25.0 Å².